The lowest BCUT2D eigenvalue weighted by Gasteiger charge is -2.13. The van der Waals surface area contributed by atoms with Crippen LogP contribution in [0.15, 0.2) is 54.6 Å². The second-order valence-electron chi connectivity index (χ2n) is 6.58. The van der Waals surface area contributed by atoms with Gasteiger partial charge in [-0.25, -0.2) is 18.1 Å². The van der Waals surface area contributed by atoms with Crippen molar-refractivity contribution >= 4 is 33.2 Å². The molecule has 2 aromatic heterocycles. The maximum atomic E-state index is 12.6. The zero-order valence-corrected chi connectivity index (χ0v) is 16.3. The fourth-order valence-corrected chi connectivity index (χ4v) is 5.06. The highest BCUT2D eigenvalue weighted by Crippen LogP contribution is 2.30. The lowest BCUT2D eigenvalue weighted by molar-refractivity contribution is 0.102. The molecule has 1 unspecified atom stereocenters. The minimum Gasteiger partial charge on any atom is -0.305 e. The highest BCUT2D eigenvalue weighted by atomic mass is 35.5. The third kappa shape index (κ3) is 3.93. The number of nitrogens with one attached hydrogen (secondary N) is 1. The van der Waals surface area contributed by atoms with E-state index >= 15 is 0 Å². The smallest absolute Gasteiger partial charge is 0.275 e. The summed E-state index contributed by atoms with van der Waals surface area (Å²) in [5.41, 5.74) is 1.69. The molecule has 0 aliphatic carbocycles. The molecule has 28 heavy (non-hydrogen) atoms. The Morgan fingerprint density at radius 2 is 1.93 bits per heavy atom. The molecule has 1 amide bonds. The van der Waals surface area contributed by atoms with Gasteiger partial charge >= 0.3 is 0 Å². The van der Waals surface area contributed by atoms with Gasteiger partial charge in [-0.3, -0.25) is 4.79 Å². The number of sulfone groups is 1. The molecule has 1 aliphatic heterocycles. The van der Waals surface area contributed by atoms with E-state index in [0.717, 1.165) is 5.56 Å². The Bertz CT molecular complexity index is 1130. The summed E-state index contributed by atoms with van der Waals surface area (Å²) >= 11 is 5.87. The Balaban J connectivity index is 1.70. The first-order chi connectivity index (χ1) is 13.4. The van der Waals surface area contributed by atoms with Crippen molar-refractivity contribution in [1.29, 1.82) is 0 Å². The van der Waals surface area contributed by atoms with Gasteiger partial charge in [0, 0.05) is 11.6 Å². The molecule has 3 heterocycles. The number of aromatic nitrogens is 3. The van der Waals surface area contributed by atoms with E-state index < -0.39 is 15.7 Å². The SMILES string of the molecule is O=C(Nc1cc(-c2ccccc2)nn1C1CCS(=O)(=O)C1)c1cccc(Cl)n1. The Labute approximate surface area is 167 Å². The summed E-state index contributed by atoms with van der Waals surface area (Å²) in [5, 5.41) is 7.59. The summed E-state index contributed by atoms with van der Waals surface area (Å²) in [4.78, 5) is 16.6. The number of nitrogens with zero attached hydrogens (tertiary/aromatic N) is 3. The molecular weight excluding hydrogens is 400 g/mol. The second-order valence-corrected chi connectivity index (χ2v) is 9.20. The summed E-state index contributed by atoms with van der Waals surface area (Å²) in [6.45, 7) is 0. The Morgan fingerprint density at radius 1 is 1.14 bits per heavy atom. The number of amides is 1. The van der Waals surface area contributed by atoms with Crippen LogP contribution in [-0.2, 0) is 9.84 Å². The predicted octanol–water partition coefficient (Wildman–Crippen LogP) is 3.21. The van der Waals surface area contributed by atoms with Crippen LogP contribution in [0.25, 0.3) is 11.3 Å². The second kappa shape index (κ2) is 7.37. The lowest BCUT2D eigenvalue weighted by atomic mass is 10.1. The van der Waals surface area contributed by atoms with Crippen LogP contribution < -0.4 is 5.32 Å². The summed E-state index contributed by atoms with van der Waals surface area (Å²) in [6.07, 6.45) is 0.455. The summed E-state index contributed by atoms with van der Waals surface area (Å²) in [5.74, 6) is 0.0969. The predicted molar refractivity (Wildman–Crippen MR) is 107 cm³/mol. The molecule has 7 nitrogen and oxygen atoms in total. The average molecular weight is 417 g/mol. The minimum absolute atomic E-state index is 0.00119. The topological polar surface area (TPSA) is 94.0 Å². The number of carbonyl (C=O) groups is 1. The molecule has 0 spiro atoms. The van der Waals surface area contributed by atoms with Crippen molar-refractivity contribution in [3.05, 3.63) is 65.4 Å². The standard InChI is InChI=1S/C19H17ClN4O3S/c20-17-8-4-7-15(21-17)19(25)22-18-11-16(13-5-2-1-3-6-13)23-24(18)14-9-10-28(26,27)12-14/h1-8,11,14H,9-10,12H2,(H,22,25). The molecule has 1 saturated heterocycles. The molecule has 0 bridgehead atoms. The van der Waals surface area contributed by atoms with Crippen molar-refractivity contribution in [2.45, 2.75) is 12.5 Å². The van der Waals surface area contributed by atoms with E-state index in [0.29, 0.717) is 17.9 Å². The van der Waals surface area contributed by atoms with E-state index in [1.807, 2.05) is 30.3 Å². The molecule has 0 radical (unpaired) electrons. The zero-order chi connectivity index (χ0) is 19.7. The number of carbonyl (C=O) groups excluding carboxylic acids is 1. The van der Waals surface area contributed by atoms with E-state index in [4.69, 9.17) is 11.6 Å². The number of hydrogen-bond acceptors (Lipinski definition) is 5. The van der Waals surface area contributed by atoms with Gasteiger partial charge in [-0.2, -0.15) is 5.10 Å². The Morgan fingerprint density at radius 3 is 2.61 bits per heavy atom. The number of pyridine rings is 1. The molecule has 9 heteroatoms. The van der Waals surface area contributed by atoms with E-state index in [1.54, 1.807) is 28.9 Å². The summed E-state index contributed by atoms with van der Waals surface area (Å²) < 4.78 is 25.5. The van der Waals surface area contributed by atoms with Crippen molar-refractivity contribution < 1.29 is 13.2 Å². The maximum absolute atomic E-state index is 12.6. The van der Waals surface area contributed by atoms with Crippen molar-refractivity contribution in [3.63, 3.8) is 0 Å². The van der Waals surface area contributed by atoms with Crippen LogP contribution in [0.4, 0.5) is 5.82 Å². The van der Waals surface area contributed by atoms with Gasteiger partial charge in [0.1, 0.15) is 16.7 Å². The number of rotatable bonds is 4. The fraction of sp³-hybridized carbons (Fsp3) is 0.211. The van der Waals surface area contributed by atoms with Gasteiger partial charge in [0.2, 0.25) is 0 Å². The number of benzene rings is 1. The van der Waals surface area contributed by atoms with Crippen molar-refractivity contribution in [1.82, 2.24) is 14.8 Å². The molecule has 4 rings (SSSR count). The van der Waals surface area contributed by atoms with Crippen LogP contribution in [0.3, 0.4) is 0 Å². The Kier molecular flexibility index (Phi) is 4.91. The van der Waals surface area contributed by atoms with Crippen molar-refractivity contribution in [2.24, 2.45) is 0 Å². The van der Waals surface area contributed by atoms with Crippen LogP contribution in [0, 0.1) is 0 Å². The van der Waals surface area contributed by atoms with Gasteiger partial charge in [0.05, 0.1) is 23.2 Å². The molecule has 1 aromatic carbocycles. The van der Waals surface area contributed by atoms with Gasteiger partial charge < -0.3 is 5.32 Å². The van der Waals surface area contributed by atoms with E-state index in [-0.39, 0.29) is 28.4 Å². The summed E-state index contributed by atoms with van der Waals surface area (Å²) in [7, 11) is -3.11. The van der Waals surface area contributed by atoms with Gasteiger partial charge in [0.25, 0.3) is 5.91 Å². The number of hydrogen-bond donors (Lipinski definition) is 1. The van der Waals surface area contributed by atoms with E-state index in [2.05, 4.69) is 15.4 Å². The number of halogens is 1. The van der Waals surface area contributed by atoms with Crippen molar-refractivity contribution in [3.8, 4) is 11.3 Å². The van der Waals surface area contributed by atoms with Gasteiger partial charge in [-0.05, 0) is 18.6 Å². The van der Waals surface area contributed by atoms with Gasteiger partial charge in [-0.15, -0.1) is 0 Å². The van der Waals surface area contributed by atoms with Crippen molar-refractivity contribution in [2.75, 3.05) is 16.8 Å². The molecule has 1 N–H and O–H groups in total. The molecule has 1 atom stereocenters. The first kappa shape index (κ1) is 18.6. The fourth-order valence-electron chi connectivity index (χ4n) is 3.20. The average Bonchev–Trinajstić information content (AvgIpc) is 3.25. The molecule has 1 fully saturated rings. The molecule has 3 aromatic rings. The lowest BCUT2D eigenvalue weighted by Crippen LogP contribution is -2.20. The molecular formula is C19H17ClN4O3S. The monoisotopic (exact) mass is 416 g/mol. The van der Waals surface area contributed by atoms with Gasteiger partial charge in [0.15, 0.2) is 9.84 Å². The van der Waals surface area contributed by atoms with E-state index in [1.165, 1.54) is 0 Å². The third-order valence-corrected chi connectivity index (χ3v) is 6.51. The maximum Gasteiger partial charge on any atom is 0.275 e. The number of anilines is 1. The summed E-state index contributed by atoms with van der Waals surface area (Å²) in [6, 6.07) is 15.7. The molecule has 0 saturated carbocycles. The minimum atomic E-state index is -3.11. The largest absolute Gasteiger partial charge is 0.305 e. The van der Waals surface area contributed by atoms with Crippen LogP contribution in [0.2, 0.25) is 5.15 Å². The first-order valence-corrected chi connectivity index (χ1v) is 10.9. The van der Waals surface area contributed by atoms with E-state index in [9.17, 15) is 13.2 Å². The van der Waals surface area contributed by atoms with Crippen LogP contribution in [0.1, 0.15) is 23.0 Å². The zero-order valence-electron chi connectivity index (χ0n) is 14.7. The third-order valence-electron chi connectivity index (χ3n) is 4.55. The highest BCUT2D eigenvalue weighted by Gasteiger charge is 2.32. The van der Waals surface area contributed by atoms with Crippen LogP contribution >= 0.6 is 11.6 Å². The first-order valence-electron chi connectivity index (χ1n) is 8.70. The normalized spacial score (nSPS) is 18.1. The Hall–Kier alpha value is -2.71. The van der Waals surface area contributed by atoms with Crippen LogP contribution in [0.5, 0.6) is 0 Å². The molecule has 1 aliphatic rings. The molecule has 144 valence electrons. The quantitative estimate of drug-likeness (QED) is 0.659. The van der Waals surface area contributed by atoms with Crippen LogP contribution in [-0.4, -0.2) is 40.6 Å². The highest BCUT2D eigenvalue weighted by molar-refractivity contribution is 7.91. The van der Waals surface area contributed by atoms with Gasteiger partial charge in [-0.1, -0.05) is 48.0 Å².